The fourth-order valence-electron chi connectivity index (χ4n) is 5.29. The van der Waals surface area contributed by atoms with Crippen molar-refractivity contribution < 1.29 is 23.3 Å². The summed E-state index contributed by atoms with van der Waals surface area (Å²) >= 11 is 0. The van der Waals surface area contributed by atoms with E-state index in [0.29, 0.717) is 66.8 Å². The summed E-state index contributed by atoms with van der Waals surface area (Å²) in [6.07, 6.45) is 2.40. The number of ether oxygens (including phenoxy) is 4. The van der Waals surface area contributed by atoms with Gasteiger partial charge in [0.15, 0.2) is 0 Å². The molecular formula is C33H34FN7O4. The number of morpholine rings is 1. The summed E-state index contributed by atoms with van der Waals surface area (Å²) in [5.74, 6) is 1.32. The number of nitrogens with zero attached hydrogens (tertiary/aromatic N) is 4. The van der Waals surface area contributed by atoms with Crippen LogP contribution in [0, 0.1) is 16.6 Å². The molecule has 5 aromatic rings. The second kappa shape index (κ2) is 13.3. The van der Waals surface area contributed by atoms with Gasteiger partial charge < -0.3 is 24.3 Å². The molecule has 12 heteroatoms. The van der Waals surface area contributed by atoms with Gasteiger partial charge in [-0.15, -0.1) is 0 Å². The number of rotatable bonds is 10. The first-order valence-corrected chi connectivity index (χ1v) is 14.6. The van der Waals surface area contributed by atoms with Gasteiger partial charge in [-0.3, -0.25) is 20.1 Å². The van der Waals surface area contributed by atoms with E-state index in [1.807, 2.05) is 47.0 Å². The number of aromatic nitrogens is 3. The molecule has 11 nitrogen and oxygen atoms in total. The number of nitrogens with one attached hydrogen (secondary N) is 3. The Bertz CT molecular complexity index is 1850. The van der Waals surface area contributed by atoms with Crippen molar-refractivity contribution in [3.05, 3.63) is 95.1 Å². The van der Waals surface area contributed by atoms with Crippen LogP contribution < -0.4 is 14.8 Å². The van der Waals surface area contributed by atoms with Crippen LogP contribution in [-0.4, -0.2) is 78.1 Å². The Morgan fingerprint density at radius 2 is 1.80 bits per heavy atom. The number of imidazole rings is 1. The zero-order chi connectivity index (χ0) is 31.3. The minimum atomic E-state index is -0.428. The molecule has 0 spiro atoms. The van der Waals surface area contributed by atoms with Gasteiger partial charge in [0.05, 0.1) is 39.7 Å². The lowest BCUT2D eigenvalue weighted by Gasteiger charge is -2.26. The Hall–Kier alpha value is -5.07. The average Bonchev–Trinajstić information content (AvgIpc) is 3.48. The third-order valence-corrected chi connectivity index (χ3v) is 7.66. The molecule has 1 saturated heterocycles. The zero-order valence-electron chi connectivity index (χ0n) is 25.1. The van der Waals surface area contributed by atoms with E-state index in [1.54, 1.807) is 32.4 Å². The predicted molar refractivity (Wildman–Crippen MR) is 169 cm³/mol. The molecular weight excluding hydrogens is 577 g/mol. The van der Waals surface area contributed by atoms with Crippen LogP contribution in [0.15, 0.2) is 66.9 Å². The van der Waals surface area contributed by atoms with Crippen LogP contribution in [-0.2, 0) is 22.4 Å². The van der Waals surface area contributed by atoms with Gasteiger partial charge in [-0.25, -0.2) is 14.4 Å². The van der Waals surface area contributed by atoms with E-state index in [0.717, 1.165) is 29.9 Å². The van der Waals surface area contributed by atoms with E-state index in [2.05, 4.69) is 15.2 Å². The van der Waals surface area contributed by atoms with E-state index in [1.165, 1.54) is 6.07 Å². The number of halogens is 1. The molecule has 1 aliphatic rings. The van der Waals surface area contributed by atoms with E-state index in [9.17, 15) is 4.39 Å². The molecule has 3 N–H and O–H groups in total. The van der Waals surface area contributed by atoms with Crippen LogP contribution >= 0.6 is 0 Å². The van der Waals surface area contributed by atoms with Crippen molar-refractivity contribution >= 4 is 34.3 Å². The first kappa shape index (κ1) is 30.0. The highest BCUT2D eigenvalue weighted by molar-refractivity contribution is 5.99. The molecule has 3 aromatic carbocycles. The fraction of sp³-hybridized carbons (Fsp3) is 0.273. The second-order valence-electron chi connectivity index (χ2n) is 10.6. The quantitative estimate of drug-likeness (QED) is 0.150. The van der Waals surface area contributed by atoms with Gasteiger partial charge in [0.25, 0.3) is 0 Å². The van der Waals surface area contributed by atoms with Crippen LogP contribution in [0.3, 0.4) is 0 Å². The molecule has 0 atom stereocenters. The topological polar surface area (TPSA) is 130 Å². The van der Waals surface area contributed by atoms with Crippen LogP contribution in [0.5, 0.6) is 11.5 Å². The van der Waals surface area contributed by atoms with Gasteiger partial charge in [-0.1, -0.05) is 18.2 Å². The summed E-state index contributed by atoms with van der Waals surface area (Å²) in [6.45, 7) is 3.48. The van der Waals surface area contributed by atoms with Gasteiger partial charge in [0.2, 0.25) is 17.7 Å². The van der Waals surface area contributed by atoms with Gasteiger partial charge in [-0.05, 0) is 42.0 Å². The molecule has 0 unspecified atom stereocenters. The zero-order valence-corrected chi connectivity index (χ0v) is 25.1. The normalized spacial score (nSPS) is 13.6. The maximum Gasteiger partial charge on any atom is 0.220 e. The third-order valence-electron chi connectivity index (χ3n) is 7.66. The van der Waals surface area contributed by atoms with Crippen molar-refractivity contribution in [2.45, 2.75) is 13.0 Å². The smallest absolute Gasteiger partial charge is 0.220 e. The number of benzene rings is 3. The summed E-state index contributed by atoms with van der Waals surface area (Å²) in [7, 11) is 3.20. The van der Waals surface area contributed by atoms with Crippen molar-refractivity contribution in [3.63, 3.8) is 0 Å². The van der Waals surface area contributed by atoms with Gasteiger partial charge in [-0.2, -0.15) is 0 Å². The molecule has 45 heavy (non-hydrogen) atoms. The fourth-order valence-corrected chi connectivity index (χ4v) is 5.29. The van der Waals surface area contributed by atoms with Crippen molar-refractivity contribution in [1.29, 1.82) is 10.8 Å². The van der Waals surface area contributed by atoms with Gasteiger partial charge >= 0.3 is 0 Å². The minimum Gasteiger partial charge on any atom is -0.497 e. The Balaban J connectivity index is 1.20. The lowest BCUT2D eigenvalue weighted by molar-refractivity contribution is 0.0437. The van der Waals surface area contributed by atoms with Crippen molar-refractivity contribution in [3.8, 4) is 11.5 Å². The van der Waals surface area contributed by atoms with Crippen molar-refractivity contribution in [2.24, 2.45) is 0 Å². The van der Waals surface area contributed by atoms with Crippen LogP contribution in [0.4, 0.5) is 10.3 Å². The molecule has 2 aromatic heterocycles. The molecule has 6 rings (SSSR count). The maximum absolute atomic E-state index is 14.9. The van der Waals surface area contributed by atoms with Gasteiger partial charge in [0.1, 0.15) is 28.5 Å². The van der Waals surface area contributed by atoms with Gasteiger partial charge in [0, 0.05) is 54.8 Å². The SMILES string of the molecule is COc1ccc(CNc2nc3c(F)cccc3c3nc(Cc4ccc(C(=N)OC(=N)CN5CCOCC5)cc4)cn23)c(OC)c1. The summed E-state index contributed by atoms with van der Waals surface area (Å²) in [6, 6.07) is 17.8. The Morgan fingerprint density at radius 1 is 1.00 bits per heavy atom. The van der Waals surface area contributed by atoms with Crippen LogP contribution in [0.25, 0.3) is 16.6 Å². The summed E-state index contributed by atoms with van der Waals surface area (Å²) in [5, 5.41) is 20.4. The number of anilines is 1. The molecule has 3 heterocycles. The Morgan fingerprint density at radius 3 is 2.56 bits per heavy atom. The van der Waals surface area contributed by atoms with E-state index < -0.39 is 5.82 Å². The highest BCUT2D eigenvalue weighted by Gasteiger charge is 2.17. The Labute approximate surface area is 259 Å². The van der Waals surface area contributed by atoms with E-state index >= 15 is 0 Å². The monoisotopic (exact) mass is 611 g/mol. The van der Waals surface area contributed by atoms with Crippen molar-refractivity contribution in [2.75, 3.05) is 52.4 Å². The summed E-state index contributed by atoms with van der Waals surface area (Å²) in [5.41, 5.74) is 4.02. The van der Waals surface area contributed by atoms with E-state index in [-0.39, 0.29) is 17.3 Å². The maximum atomic E-state index is 14.9. The minimum absolute atomic E-state index is 0.0304. The largest absolute Gasteiger partial charge is 0.497 e. The number of hydrogen-bond acceptors (Lipinski definition) is 10. The molecule has 1 aliphatic heterocycles. The molecule has 232 valence electrons. The third kappa shape index (κ3) is 6.71. The van der Waals surface area contributed by atoms with Crippen LogP contribution in [0.1, 0.15) is 22.4 Å². The highest BCUT2D eigenvalue weighted by atomic mass is 19.1. The van der Waals surface area contributed by atoms with Crippen LogP contribution in [0.2, 0.25) is 0 Å². The Kier molecular flexibility index (Phi) is 8.85. The molecule has 0 bridgehead atoms. The molecule has 0 saturated carbocycles. The molecule has 0 radical (unpaired) electrons. The number of methoxy groups -OCH3 is 2. The predicted octanol–water partition coefficient (Wildman–Crippen LogP) is 4.89. The van der Waals surface area contributed by atoms with E-state index in [4.69, 9.17) is 34.7 Å². The molecule has 1 fully saturated rings. The summed E-state index contributed by atoms with van der Waals surface area (Å²) < 4.78 is 38.4. The molecule has 0 amide bonds. The summed E-state index contributed by atoms with van der Waals surface area (Å²) in [4.78, 5) is 11.6. The number of hydrogen-bond donors (Lipinski definition) is 3. The first-order valence-electron chi connectivity index (χ1n) is 14.6. The lowest BCUT2D eigenvalue weighted by atomic mass is 10.1. The second-order valence-corrected chi connectivity index (χ2v) is 10.6. The lowest BCUT2D eigenvalue weighted by Crippen LogP contribution is -2.40. The standard InChI is InChI=1S/C33H34FN7O4/c1-42-25-11-10-23(28(17-25)43-2)18-37-33-39-30-26(4-3-5-27(30)34)32-38-24(19-41(32)33)16-21-6-8-22(9-7-21)31(36)45-29(35)20-40-12-14-44-15-13-40/h3-11,17,19,35-36H,12-16,18,20H2,1-2H3,(H,37,39). The highest BCUT2D eigenvalue weighted by Crippen LogP contribution is 2.28. The van der Waals surface area contributed by atoms with Crippen molar-refractivity contribution in [1.82, 2.24) is 19.3 Å². The molecule has 0 aliphatic carbocycles. The number of para-hydroxylation sites is 1. The number of fused-ring (bicyclic) bond motifs is 3. The average molecular weight is 612 g/mol. The first-order chi connectivity index (χ1) is 21.9.